The number of halogens is 1. The molecule has 0 aliphatic carbocycles. The molecule has 4 N–H and O–H groups in total. The molecule has 0 saturated heterocycles. The zero-order valence-corrected chi connectivity index (χ0v) is 16.6. The van der Waals surface area contributed by atoms with Crippen molar-refractivity contribution < 1.29 is 23.6 Å². The normalized spacial score (nSPS) is 12.8. The van der Waals surface area contributed by atoms with E-state index in [4.69, 9.17) is 16.0 Å². The molecule has 2 aromatic carbocycles. The van der Waals surface area contributed by atoms with Gasteiger partial charge in [0.15, 0.2) is 5.76 Å². The molecule has 0 fully saturated rings. The van der Waals surface area contributed by atoms with Crippen LogP contribution < -0.4 is 21.3 Å². The topological polar surface area (TPSA) is 130 Å². The standard InChI is InChI=1S/C21H15ClN4O5/c22-12-4-6-14(16(9-12)26-21(30)17-2-1-7-31-17)25-19(28)11-3-5-13-15(8-11)24-18(27)10-23-20(13)29/h1-9H,10H2,(H,23,29)(H,24,27)(H,25,28)(H,26,30). The van der Waals surface area contributed by atoms with Gasteiger partial charge >= 0.3 is 0 Å². The second-order valence-corrected chi connectivity index (χ2v) is 7.00. The lowest BCUT2D eigenvalue weighted by Crippen LogP contribution is -2.28. The molecule has 0 atom stereocenters. The highest BCUT2D eigenvalue weighted by Gasteiger charge is 2.21. The van der Waals surface area contributed by atoms with Gasteiger partial charge in [0.25, 0.3) is 17.7 Å². The molecule has 1 aromatic heterocycles. The highest BCUT2D eigenvalue weighted by Crippen LogP contribution is 2.28. The molecule has 4 amide bonds. The molecule has 9 nitrogen and oxygen atoms in total. The molecule has 10 heteroatoms. The van der Waals surface area contributed by atoms with E-state index < -0.39 is 23.6 Å². The summed E-state index contributed by atoms with van der Waals surface area (Å²) in [5.41, 5.74) is 1.25. The lowest BCUT2D eigenvalue weighted by Gasteiger charge is -2.13. The number of rotatable bonds is 4. The number of hydrogen-bond acceptors (Lipinski definition) is 5. The van der Waals surface area contributed by atoms with Gasteiger partial charge in [-0.25, -0.2) is 0 Å². The van der Waals surface area contributed by atoms with Gasteiger partial charge in [0.2, 0.25) is 5.91 Å². The Kier molecular flexibility index (Phi) is 5.42. The molecule has 0 unspecified atom stereocenters. The first-order chi connectivity index (χ1) is 14.9. The largest absolute Gasteiger partial charge is 0.459 e. The molecule has 3 aromatic rings. The summed E-state index contributed by atoms with van der Waals surface area (Å²) in [7, 11) is 0. The van der Waals surface area contributed by atoms with Gasteiger partial charge < -0.3 is 25.7 Å². The number of anilines is 3. The van der Waals surface area contributed by atoms with Gasteiger partial charge in [0.1, 0.15) is 0 Å². The number of nitrogens with one attached hydrogen (secondary N) is 4. The molecule has 4 rings (SSSR count). The Morgan fingerprint density at radius 3 is 2.55 bits per heavy atom. The number of amides is 4. The highest BCUT2D eigenvalue weighted by atomic mass is 35.5. The summed E-state index contributed by atoms with van der Waals surface area (Å²) in [6.07, 6.45) is 1.37. The molecule has 156 valence electrons. The van der Waals surface area contributed by atoms with Crippen LogP contribution >= 0.6 is 11.6 Å². The van der Waals surface area contributed by atoms with Crippen molar-refractivity contribution in [1.29, 1.82) is 0 Å². The third-order valence-corrected chi connectivity index (χ3v) is 4.67. The molecular formula is C21H15ClN4O5. The van der Waals surface area contributed by atoms with Crippen LogP contribution in [-0.4, -0.2) is 30.2 Å². The molecular weight excluding hydrogens is 424 g/mol. The van der Waals surface area contributed by atoms with Crippen LogP contribution in [0.4, 0.5) is 17.1 Å². The van der Waals surface area contributed by atoms with Gasteiger partial charge in [-0.3, -0.25) is 19.2 Å². The molecule has 0 spiro atoms. The molecule has 1 aliphatic rings. The van der Waals surface area contributed by atoms with Crippen LogP contribution in [0.2, 0.25) is 5.02 Å². The Balaban J connectivity index is 1.58. The fourth-order valence-electron chi connectivity index (χ4n) is 2.95. The van der Waals surface area contributed by atoms with Crippen molar-refractivity contribution in [1.82, 2.24) is 5.32 Å². The van der Waals surface area contributed by atoms with Crippen LogP contribution in [0.25, 0.3) is 0 Å². The SMILES string of the molecule is O=C1CNC(=O)c2ccc(C(=O)Nc3ccc(Cl)cc3NC(=O)c3ccco3)cc2N1. The van der Waals surface area contributed by atoms with Gasteiger partial charge in [-0.1, -0.05) is 11.6 Å². The maximum Gasteiger partial charge on any atom is 0.291 e. The molecule has 0 saturated carbocycles. The fraction of sp³-hybridized carbons (Fsp3) is 0.0476. The first-order valence-electron chi connectivity index (χ1n) is 9.08. The van der Waals surface area contributed by atoms with Crippen molar-refractivity contribution in [2.24, 2.45) is 0 Å². The van der Waals surface area contributed by atoms with E-state index >= 15 is 0 Å². The minimum absolute atomic E-state index is 0.0945. The fourth-order valence-corrected chi connectivity index (χ4v) is 3.12. The molecule has 0 radical (unpaired) electrons. The van der Waals surface area contributed by atoms with E-state index in [9.17, 15) is 19.2 Å². The summed E-state index contributed by atoms with van der Waals surface area (Å²) in [6.45, 7) is -0.154. The van der Waals surface area contributed by atoms with E-state index in [0.29, 0.717) is 10.7 Å². The van der Waals surface area contributed by atoms with Crippen LogP contribution in [0, 0.1) is 0 Å². The number of hydrogen-bond donors (Lipinski definition) is 4. The quantitative estimate of drug-likeness (QED) is 0.497. The minimum Gasteiger partial charge on any atom is -0.459 e. The molecule has 1 aliphatic heterocycles. The Labute approximate surface area is 180 Å². The van der Waals surface area contributed by atoms with E-state index in [-0.39, 0.29) is 34.8 Å². The summed E-state index contributed by atoms with van der Waals surface area (Å²) < 4.78 is 5.07. The predicted molar refractivity (Wildman–Crippen MR) is 113 cm³/mol. The average Bonchev–Trinajstić information content (AvgIpc) is 3.24. The average molecular weight is 439 g/mol. The third kappa shape index (κ3) is 4.41. The summed E-state index contributed by atoms with van der Waals surface area (Å²) in [6, 6.07) is 12.0. The zero-order chi connectivity index (χ0) is 22.0. The van der Waals surface area contributed by atoms with Crippen molar-refractivity contribution in [3.63, 3.8) is 0 Å². The van der Waals surface area contributed by atoms with Gasteiger partial charge in [-0.05, 0) is 48.5 Å². The first kappa shape index (κ1) is 20.2. The van der Waals surface area contributed by atoms with Crippen molar-refractivity contribution in [3.8, 4) is 0 Å². The Hall–Kier alpha value is -4.11. The van der Waals surface area contributed by atoms with Crippen LogP contribution in [0.15, 0.2) is 59.2 Å². The Morgan fingerprint density at radius 1 is 0.968 bits per heavy atom. The molecule has 31 heavy (non-hydrogen) atoms. The second-order valence-electron chi connectivity index (χ2n) is 6.57. The van der Waals surface area contributed by atoms with E-state index in [1.165, 1.54) is 42.7 Å². The minimum atomic E-state index is -0.516. The molecule has 0 bridgehead atoms. The Morgan fingerprint density at radius 2 is 1.77 bits per heavy atom. The van der Waals surface area contributed by atoms with Crippen molar-refractivity contribution in [2.45, 2.75) is 0 Å². The lowest BCUT2D eigenvalue weighted by atomic mass is 10.1. The van der Waals surface area contributed by atoms with Crippen molar-refractivity contribution in [3.05, 3.63) is 76.7 Å². The van der Waals surface area contributed by atoms with Crippen LogP contribution in [0.5, 0.6) is 0 Å². The monoisotopic (exact) mass is 438 g/mol. The smallest absolute Gasteiger partial charge is 0.291 e. The first-order valence-corrected chi connectivity index (χ1v) is 9.46. The third-order valence-electron chi connectivity index (χ3n) is 4.43. The lowest BCUT2D eigenvalue weighted by molar-refractivity contribution is -0.115. The highest BCUT2D eigenvalue weighted by molar-refractivity contribution is 6.31. The van der Waals surface area contributed by atoms with E-state index in [1.54, 1.807) is 12.1 Å². The summed E-state index contributed by atoms with van der Waals surface area (Å²) in [4.78, 5) is 48.9. The maximum atomic E-state index is 12.8. The van der Waals surface area contributed by atoms with Gasteiger partial charge in [-0.2, -0.15) is 0 Å². The van der Waals surface area contributed by atoms with E-state index in [0.717, 1.165) is 0 Å². The number of benzene rings is 2. The number of furan rings is 1. The summed E-state index contributed by atoms with van der Waals surface area (Å²) >= 11 is 6.04. The summed E-state index contributed by atoms with van der Waals surface area (Å²) in [5, 5.41) is 10.7. The maximum absolute atomic E-state index is 12.8. The molecule has 2 heterocycles. The predicted octanol–water partition coefficient (Wildman–Crippen LogP) is 3.12. The zero-order valence-electron chi connectivity index (χ0n) is 15.8. The van der Waals surface area contributed by atoms with Gasteiger partial charge in [-0.15, -0.1) is 0 Å². The van der Waals surface area contributed by atoms with Crippen LogP contribution in [0.1, 0.15) is 31.3 Å². The number of carbonyl (C=O) groups excluding carboxylic acids is 4. The summed E-state index contributed by atoms with van der Waals surface area (Å²) in [5.74, 6) is -1.75. The van der Waals surface area contributed by atoms with Gasteiger partial charge in [0.05, 0.1) is 35.4 Å². The second kappa shape index (κ2) is 8.33. The van der Waals surface area contributed by atoms with Crippen LogP contribution in [-0.2, 0) is 4.79 Å². The van der Waals surface area contributed by atoms with E-state index in [1.807, 2.05) is 0 Å². The number of fused-ring (bicyclic) bond motifs is 1. The van der Waals surface area contributed by atoms with Crippen LogP contribution in [0.3, 0.4) is 0 Å². The van der Waals surface area contributed by atoms with E-state index in [2.05, 4.69) is 21.3 Å². The number of carbonyl (C=O) groups is 4. The Bertz CT molecular complexity index is 1210. The van der Waals surface area contributed by atoms with Crippen molar-refractivity contribution in [2.75, 3.05) is 22.5 Å². The van der Waals surface area contributed by atoms with Crippen molar-refractivity contribution >= 4 is 52.3 Å². The van der Waals surface area contributed by atoms with Gasteiger partial charge in [0, 0.05) is 10.6 Å².